The Morgan fingerprint density at radius 2 is 2.12 bits per heavy atom. The molecule has 0 N–H and O–H groups in total. The molecule has 2 nitrogen and oxygen atoms in total. The molecule has 3 rings (SSSR count). The number of alkyl halides is 1. The Balaban J connectivity index is 1.80. The van der Waals surface area contributed by atoms with Crippen LogP contribution < -0.4 is 9.47 Å². The van der Waals surface area contributed by atoms with Gasteiger partial charge in [-0.15, -0.1) is 0 Å². The molecule has 1 fully saturated rings. The number of halogens is 1. The van der Waals surface area contributed by atoms with Crippen LogP contribution in [0.5, 0.6) is 11.5 Å². The molecule has 0 spiro atoms. The Labute approximate surface area is 110 Å². The lowest BCUT2D eigenvalue weighted by Crippen LogP contribution is -2.34. The van der Waals surface area contributed by atoms with Gasteiger partial charge in [-0.3, -0.25) is 0 Å². The van der Waals surface area contributed by atoms with Crippen LogP contribution in [0.4, 0.5) is 0 Å². The molecule has 0 atom stereocenters. The molecular weight excluding hydrogens is 280 g/mol. The molecule has 92 valence electrons. The Morgan fingerprint density at radius 1 is 1.35 bits per heavy atom. The van der Waals surface area contributed by atoms with E-state index in [4.69, 9.17) is 9.47 Å². The Morgan fingerprint density at radius 3 is 2.82 bits per heavy atom. The van der Waals surface area contributed by atoms with Gasteiger partial charge in [-0.2, -0.15) is 0 Å². The maximum absolute atomic E-state index is 6.00. The third-order valence-electron chi connectivity index (χ3n) is 3.39. The summed E-state index contributed by atoms with van der Waals surface area (Å²) in [5, 5.41) is 0. The van der Waals surface area contributed by atoms with Gasteiger partial charge in [0.25, 0.3) is 0 Å². The molecular formula is C14H17BrO2. The van der Waals surface area contributed by atoms with Gasteiger partial charge in [0.05, 0.1) is 0 Å². The molecule has 0 aromatic heterocycles. The number of rotatable bonds is 2. The van der Waals surface area contributed by atoms with E-state index in [1.165, 1.54) is 5.56 Å². The van der Waals surface area contributed by atoms with Crippen LogP contribution in [0.15, 0.2) is 18.2 Å². The van der Waals surface area contributed by atoms with E-state index in [2.05, 4.69) is 41.9 Å². The van der Waals surface area contributed by atoms with Crippen molar-refractivity contribution in [2.45, 2.75) is 49.6 Å². The molecule has 1 aliphatic carbocycles. The van der Waals surface area contributed by atoms with Crippen LogP contribution in [0, 0.1) is 0 Å². The molecule has 1 heterocycles. The van der Waals surface area contributed by atoms with Crippen molar-refractivity contribution < 1.29 is 9.47 Å². The Kier molecular flexibility index (Phi) is 2.62. The van der Waals surface area contributed by atoms with Crippen LogP contribution >= 0.6 is 15.9 Å². The molecule has 0 unspecified atom stereocenters. The first-order valence-electron chi connectivity index (χ1n) is 6.15. The monoisotopic (exact) mass is 296 g/mol. The molecule has 0 radical (unpaired) electrons. The quantitative estimate of drug-likeness (QED) is 0.775. The fourth-order valence-corrected chi connectivity index (χ4v) is 3.29. The molecule has 1 aromatic carbocycles. The van der Waals surface area contributed by atoms with Crippen molar-refractivity contribution in [2.24, 2.45) is 0 Å². The molecule has 1 saturated carbocycles. The average molecular weight is 297 g/mol. The second-order valence-electron chi connectivity index (χ2n) is 5.59. The van der Waals surface area contributed by atoms with Crippen LogP contribution in [0.1, 0.15) is 32.3 Å². The first-order valence-corrected chi connectivity index (χ1v) is 7.07. The van der Waals surface area contributed by atoms with Gasteiger partial charge < -0.3 is 9.47 Å². The highest BCUT2D eigenvalue weighted by molar-refractivity contribution is 9.09. The van der Waals surface area contributed by atoms with E-state index in [9.17, 15) is 0 Å². The molecule has 0 bridgehead atoms. The van der Waals surface area contributed by atoms with Crippen molar-refractivity contribution >= 4 is 15.9 Å². The molecule has 1 aromatic rings. The third-order valence-corrected chi connectivity index (χ3v) is 4.13. The molecule has 3 heteroatoms. The first kappa shape index (κ1) is 11.4. The van der Waals surface area contributed by atoms with Crippen LogP contribution in [-0.2, 0) is 6.42 Å². The number of para-hydroxylation sites is 1. The lowest BCUT2D eigenvalue weighted by atomic mass is 9.96. The van der Waals surface area contributed by atoms with Gasteiger partial charge in [0, 0.05) is 16.8 Å². The fraction of sp³-hybridized carbons (Fsp3) is 0.571. The van der Waals surface area contributed by atoms with E-state index in [0.717, 1.165) is 30.8 Å². The van der Waals surface area contributed by atoms with E-state index < -0.39 is 0 Å². The molecule has 2 aliphatic rings. The minimum absolute atomic E-state index is 0.0978. The van der Waals surface area contributed by atoms with Crippen LogP contribution in [0.25, 0.3) is 0 Å². The summed E-state index contributed by atoms with van der Waals surface area (Å²) in [6.45, 7) is 4.24. The topological polar surface area (TPSA) is 18.5 Å². The average Bonchev–Trinajstić information content (AvgIpc) is 2.51. The predicted molar refractivity (Wildman–Crippen MR) is 71.2 cm³/mol. The van der Waals surface area contributed by atoms with Crippen molar-refractivity contribution in [3.05, 3.63) is 23.8 Å². The number of hydrogen-bond donors (Lipinski definition) is 0. The predicted octanol–water partition coefficient (Wildman–Crippen LogP) is 3.70. The maximum Gasteiger partial charge on any atom is 0.165 e. The Hall–Kier alpha value is -0.700. The summed E-state index contributed by atoms with van der Waals surface area (Å²) in [5.41, 5.74) is 1.17. The van der Waals surface area contributed by atoms with E-state index in [1.54, 1.807) is 0 Å². The van der Waals surface area contributed by atoms with Gasteiger partial charge in [-0.1, -0.05) is 28.1 Å². The number of fused-ring (bicyclic) bond motifs is 1. The van der Waals surface area contributed by atoms with Gasteiger partial charge in [0.2, 0.25) is 0 Å². The Bertz CT molecular complexity index is 436. The molecule has 0 amide bonds. The molecule has 0 saturated heterocycles. The summed E-state index contributed by atoms with van der Waals surface area (Å²) in [4.78, 5) is 0.627. The van der Waals surface area contributed by atoms with Gasteiger partial charge in [0.15, 0.2) is 11.5 Å². The highest BCUT2D eigenvalue weighted by Gasteiger charge is 2.34. The normalized spacial score (nSPS) is 29.1. The largest absolute Gasteiger partial charge is 0.486 e. The lowest BCUT2D eigenvalue weighted by molar-refractivity contribution is 0.103. The van der Waals surface area contributed by atoms with Gasteiger partial charge in [-0.25, -0.2) is 0 Å². The fourth-order valence-electron chi connectivity index (χ4n) is 2.46. The van der Waals surface area contributed by atoms with Crippen LogP contribution in [0.3, 0.4) is 0 Å². The lowest BCUT2D eigenvalue weighted by Gasteiger charge is -2.32. The molecule has 1 aliphatic heterocycles. The standard InChI is InChI=1S/C14H17BrO2/c1-14(2)8-9-4-3-5-12(13(9)17-14)16-11-6-10(15)7-11/h3-5,10-11H,6-8H2,1-2H3. The summed E-state index contributed by atoms with van der Waals surface area (Å²) >= 11 is 3.58. The van der Waals surface area contributed by atoms with Crippen molar-refractivity contribution in [3.63, 3.8) is 0 Å². The summed E-state index contributed by atoms with van der Waals surface area (Å²) in [5.74, 6) is 1.87. The number of ether oxygens (including phenoxy) is 2. The zero-order chi connectivity index (χ0) is 12.0. The summed E-state index contributed by atoms with van der Waals surface area (Å²) in [6.07, 6.45) is 3.49. The highest BCUT2D eigenvalue weighted by Crippen LogP contribution is 2.43. The van der Waals surface area contributed by atoms with Crippen molar-refractivity contribution in [2.75, 3.05) is 0 Å². The van der Waals surface area contributed by atoms with E-state index in [1.807, 2.05) is 6.07 Å². The smallest absolute Gasteiger partial charge is 0.165 e. The third kappa shape index (κ3) is 2.17. The van der Waals surface area contributed by atoms with E-state index >= 15 is 0 Å². The number of hydrogen-bond acceptors (Lipinski definition) is 2. The second kappa shape index (κ2) is 3.91. The van der Waals surface area contributed by atoms with Gasteiger partial charge in [0.1, 0.15) is 11.7 Å². The van der Waals surface area contributed by atoms with Crippen LogP contribution in [-0.4, -0.2) is 16.5 Å². The SMILES string of the molecule is CC1(C)Cc2cccc(OC3CC(Br)C3)c2O1. The summed E-state index contributed by atoms with van der Waals surface area (Å²) in [6, 6.07) is 6.20. The summed E-state index contributed by atoms with van der Waals surface area (Å²) < 4.78 is 12.0. The zero-order valence-electron chi connectivity index (χ0n) is 10.2. The highest BCUT2D eigenvalue weighted by atomic mass is 79.9. The van der Waals surface area contributed by atoms with Crippen molar-refractivity contribution in [1.82, 2.24) is 0 Å². The van der Waals surface area contributed by atoms with Gasteiger partial charge >= 0.3 is 0 Å². The van der Waals surface area contributed by atoms with Crippen LogP contribution in [0.2, 0.25) is 0 Å². The molecule has 17 heavy (non-hydrogen) atoms. The van der Waals surface area contributed by atoms with Gasteiger partial charge in [-0.05, 0) is 32.8 Å². The minimum atomic E-state index is -0.0978. The number of benzene rings is 1. The maximum atomic E-state index is 6.00. The second-order valence-corrected chi connectivity index (χ2v) is 6.89. The van der Waals surface area contributed by atoms with Crippen molar-refractivity contribution in [3.8, 4) is 11.5 Å². The zero-order valence-corrected chi connectivity index (χ0v) is 11.8. The minimum Gasteiger partial charge on any atom is -0.486 e. The first-order chi connectivity index (χ1) is 8.03. The van der Waals surface area contributed by atoms with Crippen molar-refractivity contribution in [1.29, 1.82) is 0 Å². The van der Waals surface area contributed by atoms with E-state index in [-0.39, 0.29) is 5.60 Å². The summed E-state index contributed by atoms with van der Waals surface area (Å²) in [7, 11) is 0. The van der Waals surface area contributed by atoms with E-state index in [0.29, 0.717) is 10.9 Å².